The lowest BCUT2D eigenvalue weighted by atomic mass is 9.86. The van der Waals surface area contributed by atoms with Crippen molar-refractivity contribution < 1.29 is 14.4 Å². The number of aryl methyl sites for hydroxylation is 1. The second-order valence-corrected chi connectivity index (χ2v) is 6.82. The Bertz CT molecular complexity index is 946. The maximum atomic E-state index is 9.61. The SMILES string of the molecule is Cc1cnc(Nc2ccc3c(c2)OB(O)C=C3)nc1NC1COCC[C@@H]1C#N. The number of nitrogens with one attached hydrogen (secondary N) is 2. The number of nitrogens with zero attached hydrogens (tertiary/aromatic N) is 3. The minimum Gasteiger partial charge on any atom is -0.532 e. The summed E-state index contributed by atoms with van der Waals surface area (Å²) in [6.45, 7) is 3.00. The van der Waals surface area contributed by atoms with Gasteiger partial charge >= 0.3 is 7.12 Å². The fraction of sp³-hybridized carbons (Fsp3) is 0.316. The Kier molecular flexibility index (Phi) is 5.15. The zero-order valence-corrected chi connectivity index (χ0v) is 15.4. The molecule has 0 saturated carbocycles. The molecule has 28 heavy (non-hydrogen) atoms. The summed E-state index contributed by atoms with van der Waals surface area (Å²) < 4.78 is 10.9. The average molecular weight is 377 g/mol. The van der Waals surface area contributed by atoms with Crippen LogP contribution in [0.25, 0.3) is 6.08 Å². The molecule has 1 aromatic heterocycles. The van der Waals surface area contributed by atoms with Crippen LogP contribution in [0.1, 0.15) is 17.5 Å². The number of fused-ring (bicyclic) bond motifs is 1. The Balaban J connectivity index is 1.52. The first kappa shape index (κ1) is 18.3. The first-order chi connectivity index (χ1) is 13.6. The topological polar surface area (TPSA) is 112 Å². The van der Waals surface area contributed by atoms with E-state index in [0.29, 0.717) is 37.2 Å². The maximum absolute atomic E-state index is 9.61. The van der Waals surface area contributed by atoms with Crippen LogP contribution in [-0.4, -0.2) is 41.4 Å². The molecule has 0 radical (unpaired) electrons. The van der Waals surface area contributed by atoms with E-state index in [1.54, 1.807) is 18.2 Å². The predicted octanol–water partition coefficient (Wildman–Crippen LogP) is 2.29. The molecular weight excluding hydrogens is 357 g/mol. The Morgan fingerprint density at radius 1 is 1.39 bits per heavy atom. The van der Waals surface area contributed by atoms with Crippen molar-refractivity contribution in [2.75, 3.05) is 23.8 Å². The molecule has 1 unspecified atom stereocenters. The molecule has 2 atom stereocenters. The van der Waals surface area contributed by atoms with Gasteiger partial charge in [-0.2, -0.15) is 10.2 Å². The number of ether oxygens (including phenoxy) is 1. The Morgan fingerprint density at radius 2 is 2.29 bits per heavy atom. The van der Waals surface area contributed by atoms with Gasteiger partial charge in [-0.3, -0.25) is 0 Å². The van der Waals surface area contributed by atoms with Crippen molar-refractivity contribution >= 4 is 30.6 Å². The number of hydrogen-bond acceptors (Lipinski definition) is 8. The van der Waals surface area contributed by atoms with Gasteiger partial charge in [-0.15, -0.1) is 0 Å². The minimum absolute atomic E-state index is 0.106. The third-order valence-corrected chi connectivity index (χ3v) is 4.77. The average Bonchev–Trinajstić information content (AvgIpc) is 2.70. The van der Waals surface area contributed by atoms with Crippen LogP contribution in [0.15, 0.2) is 30.4 Å². The summed E-state index contributed by atoms with van der Waals surface area (Å²) in [4.78, 5) is 8.89. The molecule has 1 fully saturated rings. The molecule has 3 heterocycles. The highest BCUT2D eigenvalue weighted by Crippen LogP contribution is 2.29. The van der Waals surface area contributed by atoms with E-state index in [1.807, 2.05) is 25.1 Å². The van der Waals surface area contributed by atoms with Gasteiger partial charge in [0.2, 0.25) is 5.95 Å². The standard InChI is InChI=1S/C19H20BN5O3/c1-12-10-22-19(25-18(12)24-16-11-27-7-5-14(16)9-21)23-15-3-2-13-4-6-20(26)28-17(13)8-15/h2-4,6,8,10,14,16,26H,5,7,11H2,1H3,(H2,22,23,24,25)/t14-,16?/m1/s1. The van der Waals surface area contributed by atoms with E-state index in [-0.39, 0.29) is 12.0 Å². The number of benzene rings is 1. The van der Waals surface area contributed by atoms with E-state index in [9.17, 15) is 10.3 Å². The fourth-order valence-electron chi connectivity index (χ4n) is 3.20. The molecule has 3 N–H and O–H groups in total. The van der Waals surface area contributed by atoms with Gasteiger partial charge in [0.05, 0.1) is 24.6 Å². The molecule has 0 bridgehead atoms. The molecule has 4 rings (SSSR count). The van der Waals surface area contributed by atoms with Gasteiger partial charge in [0.25, 0.3) is 0 Å². The van der Waals surface area contributed by atoms with Gasteiger partial charge in [0, 0.05) is 35.7 Å². The smallest absolute Gasteiger partial charge is 0.532 e. The lowest BCUT2D eigenvalue weighted by Gasteiger charge is -2.28. The molecule has 2 aromatic rings. The summed E-state index contributed by atoms with van der Waals surface area (Å²) in [6.07, 6.45) is 4.25. The largest absolute Gasteiger partial charge is 0.552 e. The molecule has 0 amide bonds. The Labute approximate surface area is 163 Å². The molecule has 0 aliphatic carbocycles. The van der Waals surface area contributed by atoms with Gasteiger partial charge in [-0.05, 0) is 31.5 Å². The number of aromatic nitrogens is 2. The first-order valence-electron chi connectivity index (χ1n) is 9.14. The van der Waals surface area contributed by atoms with E-state index in [1.165, 1.54) is 0 Å². The van der Waals surface area contributed by atoms with Gasteiger partial charge in [0.1, 0.15) is 11.6 Å². The van der Waals surface area contributed by atoms with Crippen molar-refractivity contribution in [1.82, 2.24) is 9.97 Å². The van der Waals surface area contributed by atoms with Crippen LogP contribution in [0.4, 0.5) is 17.5 Å². The zero-order valence-electron chi connectivity index (χ0n) is 15.4. The molecular formula is C19H20BN5O3. The molecule has 2 aliphatic heterocycles. The summed E-state index contributed by atoms with van der Waals surface area (Å²) in [7, 11) is -0.944. The van der Waals surface area contributed by atoms with Crippen molar-refractivity contribution in [2.24, 2.45) is 5.92 Å². The molecule has 0 spiro atoms. The monoisotopic (exact) mass is 377 g/mol. The van der Waals surface area contributed by atoms with Crippen LogP contribution in [0.2, 0.25) is 0 Å². The number of anilines is 3. The highest BCUT2D eigenvalue weighted by Gasteiger charge is 2.26. The molecule has 2 aliphatic rings. The summed E-state index contributed by atoms with van der Waals surface area (Å²) in [6, 6.07) is 7.81. The van der Waals surface area contributed by atoms with Crippen molar-refractivity contribution in [3.8, 4) is 11.8 Å². The van der Waals surface area contributed by atoms with Gasteiger partial charge < -0.3 is 25.0 Å². The highest BCUT2D eigenvalue weighted by molar-refractivity contribution is 6.51. The fourth-order valence-corrected chi connectivity index (χ4v) is 3.20. The normalized spacial score (nSPS) is 20.7. The summed E-state index contributed by atoms with van der Waals surface area (Å²) in [5.74, 6) is 3.14. The van der Waals surface area contributed by atoms with Gasteiger partial charge in [-0.25, -0.2) is 4.98 Å². The second kappa shape index (κ2) is 7.88. The zero-order chi connectivity index (χ0) is 19.5. The second-order valence-electron chi connectivity index (χ2n) is 6.82. The van der Waals surface area contributed by atoms with E-state index in [0.717, 1.165) is 16.8 Å². The van der Waals surface area contributed by atoms with Gasteiger partial charge in [-0.1, -0.05) is 6.08 Å². The van der Waals surface area contributed by atoms with Crippen molar-refractivity contribution in [1.29, 1.82) is 5.26 Å². The minimum atomic E-state index is -0.944. The maximum Gasteiger partial charge on any atom is 0.552 e. The third kappa shape index (κ3) is 3.93. The van der Waals surface area contributed by atoms with E-state index < -0.39 is 7.12 Å². The van der Waals surface area contributed by atoms with Gasteiger partial charge in [0.15, 0.2) is 0 Å². The molecule has 1 aromatic carbocycles. The first-order valence-corrected chi connectivity index (χ1v) is 9.14. The van der Waals surface area contributed by atoms with Crippen LogP contribution in [0.3, 0.4) is 0 Å². The lowest BCUT2D eigenvalue weighted by molar-refractivity contribution is 0.0698. The van der Waals surface area contributed by atoms with Crippen LogP contribution < -0.4 is 15.3 Å². The summed E-state index contributed by atoms with van der Waals surface area (Å²) in [5, 5.41) is 25.4. The van der Waals surface area contributed by atoms with Crippen LogP contribution in [-0.2, 0) is 4.74 Å². The van der Waals surface area contributed by atoms with Crippen molar-refractivity contribution in [2.45, 2.75) is 19.4 Å². The van der Waals surface area contributed by atoms with Crippen LogP contribution in [0.5, 0.6) is 5.75 Å². The van der Waals surface area contributed by atoms with Crippen LogP contribution in [0, 0.1) is 24.2 Å². The van der Waals surface area contributed by atoms with E-state index in [4.69, 9.17) is 9.39 Å². The van der Waals surface area contributed by atoms with Crippen molar-refractivity contribution in [3.63, 3.8) is 0 Å². The highest BCUT2D eigenvalue weighted by atomic mass is 16.5. The summed E-state index contributed by atoms with van der Waals surface area (Å²) >= 11 is 0. The number of rotatable bonds is 4. The number of hydrogen-bond donors (Lipinski definition) is 3. The quantitative estimate of drug-likeness (QED) is 0.696. The summed E-state index contributed by atoms with van der Waals surface area (Å²) in [5.41, 5.74) is 2.52. The Morgan fingerprint density at radius 3 is 3.14 bits per heavy atom. The lowest BCUT2D eigenvalue weighted by Crippen LogP contribution is -2.38. The third-order valence-electron chi connectivity index (χ3n) is 4.77. The molecule has 142 valence electrons. The van der Waals surface area contributed by atoms with Crippen molar-refractivity contribution in [3.05, 3.63) is 41.5 Å². The van der Waals surface area contributed by atoms with Crippen LogP contribution >= 0.6 is 0 Å². The number of nitriles is 1. The molecule has 1 saturated heterocycles. The molecule has 8 nitrogen and oxygen atoms in total. The van der Waals surface area contributed by atoms with E-state index >= 15 is 0 Å². The van der Waals surface area contributed by atoms with E-state index in [2.05, 4.69) is 26.7 Å². The molecule has 9 heteroatoms. The predicted molar refractivity (Wildman–Crippen MR) is 106 cm³/mol. The Hall–Kier alpha value is -3.09.